The van der Waals surface area contributed by atoms with Gasteiger partial charge in [-0.3, -0.25) is 4.90 Å². The molecule has 0 bridgehead atoms. The first-order valence-corrected chi connectivity index (χ1v) is 7.60. The fourth-order valence-electron chi connectivity index (χ4n) is 3.04. The molecule has 0 saturated carbocycles. The summed E-state index contributed by atoms with van der Waals surface area (Å²) >= 11 is 6.63. The van der Waals surface area contributed by atoms with Crippen LogP contribution in [-0.4, -0.2) is 30.6 Å². The third-order valence-electron chi connectivity index (χ3n) is 4.22. The second-order valence-electron chi connectivity index (χ2n) is 5.54. The molecule has 2 nitrogen and oxygen atoms in total. The lowest BCUT2D eigenvalue weighted by Crippen LogP contribution is -2.45. The number of piperidine rings is 1. The van der Waals surface area contributed by atoms with Crippen LogP contribution in [0, 0.1) is 0 Å². The van der Waals surface area contributed by atoms with Gasteiger partial charge in [-0.25, -0.2) is 0 Å². The highest BCUT2D eigenvalue weighted by molar-refractivity contribution is 6.21. The van der Waals surface area contributed by atoms with Crippen LogP contribution < -0.4 is 4.74 Å². The lowest BCUT2D eigenvalue weighted by Gasteiger charge is -2.40. The van der Waals surface area contributed by atoms with Crippen molar-refractivity contribution in [2.45, 2.75) is 50.6 Å². The van der Waals surface area contributed by atoms with Crippen LogP contribution in [0.25, 0.3) is 0 Å². The van der Waals surface area contributed by atoms with Crippen molar-refractivity contribution >= 4 is 11.6 Å². The lowest BCUT2D eigenvalue weighted by molar-refractivity contribution is 0.103. The largest absolute Gasteiger partial charge is 0.496 e. The van der Waals surface area contributed by atoms with Gasteiger partial charge in [-0.2, -0.15) is 0 Å². The van der Waals surface area contributed by atoms with Gasteiger partial charge in [0.1, 0.15) is 5.75 Å². The second-order valence-corrected chi connectivity index (χ2v) is 6.06. The van der Waals surface area contributed by atoms with Crippen LogP contribution in [0.15, 0.2) is 24.3 Å². The highest BCUT2D eigenvalue weighted by Crippen LogP contribution is 2.33. The number of hydrogen-bond acceptors (Lipinski definition) is 2. The molecule has 1 aliphatic heterocycles. The number of ether oxygens (including phenoxy) is 1. The molecule has 0 N–H and O–H groups in total. The average Bonchev–Trinajstić information content (AvgIpc) is 2.42. The molecule has 3 unspecified atom stereocenters. The van der Waals surface area contributed by atoms with Crippen molar-refractivity contribution in [3.8, 4) is 5.75 Å². The van der Waals surface area contributed by atoms with E-state index >= 15 is 0 Å². The Hall–Kier alpha value is -0.730. The minimum Gasteiger partial charge on any atom is -0.496 e. The Morgan fingerprint density at radius 1 is 1.26 bits per heavy atom. The lowest BCUT2D eigenvalue weighted by atomic mass is 9.96. The van der Waals surface area contributed by atoms with Crippen molar-refractivity contribution < 1.29 is 4.74 Å². The molecule has 0 spiro atoms. The number of likely N-dealkylation sites (tertiary alicyclic amines) is 1. The van der Waals surface area contributed by atoms with Gasteiger partial charge in [0, 0.05) is 24.2 Å². The first kappa shape index (κ1) is 14.7. The number of halogens is 1. The maximum Gasteiger partial charge on any atom is 0.123 e. The topological polar surface area (TPSA) is 12.5 Å². The van der Waals surface area contributed by atoms with Gasteiger partial charge in [0.05, 0.1) is 12.5 Å². The van der Waals surface area contributed by atoms with Crippen molar-refractivity contribution in [1.82, 2.24) is 4.90 Å². The fourth-order valence-corrected chi connectivity index (χ4v) is 3.38. The van der Waals surface area contributed by atoms with Crippen molar-refractivity contribution in [1.29, 1.82) is 0 Å². The summed E-state index contributed by atoms with van der Waals surface area (Å²) in [5.74, 6) is 0.889. The summed E-state index contributed by atoms with van der Waals surface area (Å²) in [6, 6.07) is 9.30. The number of hydrogen-bond donors (Lipinski definition) is 0. The first-order valence-electron chi connectivity index (χ1n) is 7.16. The Kier molecular flexibility index (Phi) is 5.12. The van der Waals surface area contributed by atoms with E-state index in [9.17, 15) is 0 Å². The number of nitrogens with zero attached hydrogens (tertiary/aromatic N) is 1. The van der Waals surface area contributed by atoms with Crippen molar-refractivity contribution in [3.63, 3.8) is 0 Å². The monoisotopic (exact) mass is 281 g/mol. The van der Waals surface area contributed by atoms with Gasteiger partial charge >= 0.3 is 0 Å². The number of rotatable bonds is 4. The molecule has 19 heavy (non-hydrogen) atoms. The molecule has 3 heteroatoms. The van der Waals surface area contributed by atoms with Gasteiger partial charge in [0.15, 0.2) is 0 Å². The van der Waals surface area contributed by atoms with Crippen molar-refractivity contribution in [3.05, 3.63) is 29.8 Å². The third kappa shape index (κ3) is 3.43. The molecular formula is C16H24ClNO. The SMILES string of the molecule is COc1ccccc1C(Cl)CN1C(C)CCCC1C. The molecule has 2 rings (SSSR count). The van der Waals surface area contributed by atoms with E-state index in [4.69, 9.17) is 16.3 Å². The maximum absolute atomic E-state index is 6.63. The molecule has 0 amide bonds. The zero-order chi connectivity index (χ0) is 13.8. The van der Waals surface area contributed by atoms with Gasteiger partial charge < -0.3 is 4.74 Å². The minimum absolute atomic E-state index is 0.0147. The number of benzene rings is 1. The Morgan fingerprint density at radius 2 is 1.89 bits per heavy atom. The number of methoxy groups -OCH3 is 1. The summed E-state index contributed by atoms with van der Waals surface area (Å²) in [7, 11) is 1.70. The highest BCUT2D eigenvalue weighted by Gasteiger charge is 2.27. The van der Waals surface area contributed by atoms with E-state index in [0.29, 0.717) is 12.1 Å². The van der Waals surface area contributed by atoms with Gasteiger partial charge in [-0.1, -0.05) is 24.6 Å². The van der Waals surface area contributed by atoms with Crippen LogP contribution in [0.1, 0.15) is 44.1 Å². The molecule has 1 heterocycles. The van der Waals surface area contributed by atoms with Crippen LogP contribution in [0.2, 0.25) is 0 Å². The van der Waals surface area contributed by atoms with Crippen LogP contribution in [-0.2, 0) is 0 Å². The van der Waals surface area contributed by atoms with Crippen LogP contribution in [0.4, 0.5) is 0 Å². The molecule has 0 aromatic heterocycles. The Bertz CT molecular complexity index is 399. The zero-order valence-electron chi connectivity index (χ0n) is 12.1. The molecule has 1 aromatic rings. The molecule has 1 fully saturated rings. The van der Waals surface area contributed by atoms with Crippen LogP contribution in [0.5, 0.6) is 5.75 Å². The number of para-hydroxylation sites is 1. The van der Waals surface area contributed by atoms with Crippen molar-refractivity contribution in [2.75, 3.05) is 13.7 Å². The van der Waals surface area contributed by atoms with E-state index < -0.39 is 0 Å². The van der Waals surface area contributed by atoms with E-state index in [0.717, 1.165) is 17.9 Å². The van der Waals surface area contributed by atoms with Gasteiger partial charge in [0.25, 0.3) is 0 Å². The van der Waals surface area contributed by atoms with E-state index in [-0.39, 0.29) is 5.38 Å². The van der Waals surface area contributed by atoms with Gasteiger partial charge in [0.2, 0.25) is 0 Å². The molecular weight excluding hydrogens is 258 g/mol. The Morgan fingerprint density at radius 3 is 2.53 bits per heavy atom. The molecule has 1 aromatic carbocycles. The average molecular weight is 282 g/mol. The summed E-state index contributed by atoms with van der Waals surface area (Å²) in [4.78, 5) is 2.54. The third-order valence-corrected chi connectivity index (χ3v) is 4.60. The normalized spacial score (nSPS) is 26.1. The maximum atomic E-state index is 6.63. The Balaban J connectivity index is 2.09. The predicted octanol–water partition coefficient (Wildman–Crippen LogP) is 4.24. The smallest absolute Gasteiger partial charge is 0.123 e. The van der Waals surface area contributed by atoms with E-state index in [1.807, 2.05) is 18.2 Å². The summed E-state index contributed by atoms with van der Waals surface area (Å²) < 4.78 is 5.41. The molecule has 106 valence electrons. The predicted molar refractivity (Wildman–Crippen MR) is 81.1 cm³/mol. The van der Waals surface area contributed by atoms with Gasteiger partial charge in [-0.15, -0.1) is 11.6 Å². The van der Waals surface area contributed by atoms with E-state index in [1.54, 1.807) is 7.11 Å². The van der Waals surface area contributed by atoms with E-state index in [2.05, 4.69) is 24.8 Å². The zero-order valence-corrected chi connectivity index (χ0v) is 12.9. The standard InChI is InChI=1S/C16H24ClNO/c1-12-7-6-8-13(2)18(12)11-15(17)14-9-4-5-10-16(14)19-3/h4-5,9-10,12-13,15H,6-8,11H2,1-3H3. The summed E-state index contributed by atoms with van der Waals surface area (Å²) in [6.07, 6.45) is 3.89. The molecule has 0 aliphatic carbocycles. The second kappa shape index (κ2) is 6.62. The summed E-state index contributed by atoms with van der Waals surface area (Å²) in [5, 5.41) is -0.0147. The highest BCUT2D eigenvalue weighted by atomic mass is 35.5. The Labute approximate surface area is 121 Å². The fraction of sp³-hybridized carbons (Fsp3) is 0.625. The molecule has 0 radical (unpaired) electrons. The molecule has 1 saturated heterocycles. The molecule has 1 aliphatic rings. The van der Waals surface area contributed by atoms with E-state index in [1.165, 1.54) is 19.3 Å². The summed E-state index contributed by atoms with van der Waals surface area (Å²) in [6.45, 7) is 5.51. The quantitative estimate of drug-likeness (QED) is 0.766. The minimum atomic E-state index is -0.0147. The first-order chi connectivity index (χ1) is 9.13. The van der Waals surface area contributed by atoms with Crippen LogP contribution in [0.3, 0.4) is 0 Å². The van der Waals surface area contributed by atoms with Crippen LogP contribution >= 0.6 is 11.6 Å². The molecule has 3 atom stereocenters. The summed E-state index contributed by atoms with van der Waals surface area (Å²) in [5.41, 5.74) is 1.09. The van der Waals surface area contributed by atoms with Gasteiger partial charge in [-0.05, 0) is 32.8 Å². The number of alkyl halides is 1. The van der Waals surface area contributed by atoms with Crippen molar-refractivity contribution in [2.24, 2.45) is 0 Å².